The second-order valence-corrected chi connectivity index (χ2v) is 3.97. The van der Waals surface area contributed by atoms with Crippen LogP contribution < -0.4 is 0 Å². The third kappa shape index (κ3) is 3.79. The van der Waals surface area contributed by atoms with E-state index in [4.69, 9.17) is 16.7 Å². The van der Waals surface area contributed by atoms with Crippen molar-refractivity contribution < 1.29 is 9.90 Å². The molecule has 0 aliphatic carbocycles. The maximum atomic E-state index is 10.4. The summed E-state index contributed by atoms with van der Waals surface area (Å²) in [4.78, 5) is 10.4. The largest absolute Gasteiger partial charge is 0.481 e. The number of rotatable bonds is 4. The zero-order valence-corrected chi connectivity index (χ0v) is 8.79. The highest BCUT2D eigenvalue weighted by Gasteiger charge is 2.07. The molecule has 0 amide bonds. The molecule has 0 fully saturated rings. The van der Waals surface area contributed by atoms with Crippen molar-refractivity contribution in [3.63, 3.8) is 0 Å². The van der Waals surface area contributed by atoms with Crippen LogP contribution in [0.15, 0.2) is 24.3 Å². The summed E-state index contributed by atoms with van der Waals surface area (Å²) in [6.45, 7) is 1.93. The lowest BCUT2D eigenvalue weighted by Crippen LogP contribution is -2.06. The summed E-state index contributed by atoms with van der Waals surface area (Å²) in [5.74, 6) is -0.583. The standard InChI is InChI=1S/C11H13ClO2/c1-8(7-11(13)14)6-9-2-4-10(12)5-3-9/h2-5,8H,6-7H2,1H3,(H,13,14). The Kier molecular flexibility index (Phi) is 3.96. The molecular formula is C11H13ClO2. The SMILES string of the molecule is CC(CC(=O)O)Cc1ccc(Cl)cc1. The van der Waals surface area contributed by atoms with Gasteiger partial charge in [0.15, 0.2) is 0 Å². The fourth-order valence-corrected chi connectivity index (χ4v) is 1.52. The summed E-state index contributed by atoms with van der Waals surface area (Å²) < 4.78 is 0. The highest BCUT2D eigenvalue weighted by atomic mass is 35.5. The van der Waals surface area contributed by atoms with E-state index in [0.29, 0.717) is 5.02 Å². The van der Waals surface area contributed by atoms with E-state index in [2.05, 4.69) is 0 Å². The first-order chi connectivity index (χ1) is 6.58. The second-order valence-electron chi connectivity index (χ2n) is 3.53. The maximum absolute atomic E-state index is 10.4. The van der Waals surface area contributed by atoms with Crippen LogP contribution in [0, 0.1) is 5.92 Å². The monoisotopic (exact) mass is 212 g/mol. The van der Waals surface area contributed by atoms with Crippen molar-refractivity contribution >= 4 is 17.6 Å². The van der Waals surface area contributed by atoms with Crippen molar-refractivity contribution in [2.24, 2.45) is 5.92 Å². The number of carboxylic acids is 1. The van der Waals surface area contributed by atoms with E-state index in [9.17, 15) is 4.79 Å². The van der Waals surface area contributed by atoms with Crippen LogP contribution in [0.5, 0.6) is 0 Å². The van der Waals surface area contributed by atoms with E-state index in [-0.39, 0.29) is 12.3 Å². The lowest BCUT2D eigenvalue weighted by atomic mass is 9.98. The molecule has 0 saturated heterocycles. The first-order valence-corrected chi connectivity index (χ1v) is 4.92. The van der Waals surface area contributed by atoms with E-state index < -0.39 is 5.97 Å². The summed E-state index contributed by atoms with van der Waals surface area (Å²) in [5.41, 5.74) is 1.13. The molecule has 0 spiro atoms. The Morgan fingerprint density at radius 2 is 2.00 bits per heavy atom. The van der Waals surface area contributed by atoms with Crippen molar-refractivity contribution in [1.29, 1.82) is 0 Å². The molecule has 1 aromatic carbocycles. The van der Waals surface area contributed by atoms with Gasteiger partial charge in [0.25, 0.3) is 0 Å². The highest BCUT2D eigenvalue weighted by Crippen LogP contribution is 2.14. The fourth-order valence-electron chi connectivity index (χ4n) is 1.39. The molecule has 1 N–H and O–H groups in total. The number of carboxylic acid groups (broad SMARTS) is 1. The van der Waals surface area contributed by atoms with Crippen molar-refractivity contribution in [3.05, 3.63) is 34.9 Å². The van der Waals surface area contributed by atoms with Crippen LogP contribution in [0.4, 0.5) is 0 Å². The van der Waals surface area contributed by atoms with Crippen LogP contribution in [0.25, 0.3) is 0 Å². The molecule has 1 unspecified atom stereocenters. The van der Waals surface area contributed by atoms with Crippen LogP contribution >= 0.6 is 11.6 Å². The van der Waals surface area contributed by atoms with Gasteiger partial charge in [-0.05, 0) is 30.0 Å². The Hall–Kier alpha value is -1.02. The van der Waals surface area contributed by atoms with Gasteiger partial charge >= 0.3 is 5.97 Å². The van der Waals surface area contributed by atoms with E-state index in [1.54, 1.807) is 0 Å². The molecule has 2 nitrogen and oxygen atoms in total. The van der Waals surface area contributed by atoms with Gasteiger partial charge in [0.05, 0.1) is 0 Å². The lowest BCUT2D eigenvalue weighted by Gasteiger charge is -2.08. The molecule has 76 valence electrons. The number of benzene rings is 1. The molecule has 0 aliphatic heterocycles. The molecule has 0 aromatic heterocycles. The van der Waals surface area contributed by atoms with Gasteiger partial charge in [0.1, 0.15) is 0 Å². The van der Waals surface area contributed by atoms with Crippen molar-refractivity contribution in [3.8, 4) is 0 Å². The Balaban J connectivity index is 2.51. The van der Waals surface area contributed by atoms with E-state index >= 15 is 0 Å². The minimum atomic E-state index is -0.744. The van der Waals surface area contributed by atoms with Gasteiger partial charge in [-0.1, -0.05) is 30.7 Å². The normalized spacial score (nSPS) is 12.4. The lowest BCUT2D eigenvalue weighted by molar-refractivity contribution is -0.137. The molecule has 0 radical (unpaired) electrons. The minimum Gasteiger partial charge on any atom is -0.481 e. The summed E-state index contributed by atoms with van der Waals surface area (Å²) in [6.07, 6.45) is 0.992. The van der Waals surface area contributed by atoms with E-state index in [1.807, 2.05) is 31.2 Å². The predicted octanol–water partition coefficient (Wildman–Crippen LogP) is 2.99. The minimum absolute atomic E-state index is 0.161. The van der Waals surface area contributed by atoms with Gasteiger partial charge in [0.2, 0.25) is 0 Å². The van der Waals surface area contributed by atoms with Crippen LogP contribution in [0.1, 0.15) is 18.9 Å². The van der Waals surface area contributed by atoms with Crippen LogP contribution in [-0.4, -0.2) is 11.1 Å². The Morgan fingerprint density at radius 1 is 1.43 bits per heavy atom. The summed E-state index contributed by atoms with van der Waals surface area (Å²) in [5, 5.41) is 9.29. The molecule has 1 atom stereocenters. The third-order valence-corrected chi connectivity index (χ3v) is 2.27. The second kappa shape index (κ2) is 5.01. The third-order valence-electron chi connectivity index (χ3n) is 2.02. The average molecular weight is 213 g/mol. The number of hydrogen-bond acceptors (Lipinski definition) is 1. The zero-order chi connectivity index (χ0) is 10.6. The Labute approximate surface area is 88.5 Å². The number of aliphatic carboxylic acids is 1. The van der Waals surface area contributed by atoms with Crippen molar-refractivity contribution in [2.45, 2.75) is 19.8 Å². The summed E-state index contributed by atoms with van der Waals surface area (Å²) >= 11 is 5.74. The first kappa shape index (κ1) is 11.1. The smallest absolute Gasteiger partial charge is 0.303 e. The van der Waals surface area contributed by atoms with Gasteiger partial charge in [-0.2, -0.15) is 0 Å². The first-order valence-electron chi connectivity index (χ1n) is 4.54. The van der Waals surface area contributed by atoms with Crippen LogP contribution in [0.3, 0.4) is 0 Å². The number of hydrogen-bond donors (Lipinski definition) is 1. The average Bonchev–Trinajstić information content (AvgIpc) is 2.07. The Morgan fingerprint density at radius 3 is 2.50 bits per heavy atom. The van der Waals surface area contributed by atoms with Gasteiger partial charge in [-0.15, -0.1) is 0 Å². The van der Waals surface area contributed by atoms with E-state index in [1.165, 1.54) is 0 Å². The number of halogens is 1. The van der Waals surface area contributed by atoms with Crippen LogP contribution in [0.2, 0.25) is 5.02 Å². The van der Waals surface area contributed by atoms with E-state index in [0.717, 1.165) is 12.0 Å². The molecule has 0 aliphatic rings. The quantitative estimate of drug-likeness (QED) is 0.833. The molecule has 0 bridgehead atoms. The highest BCUT2D eigenvalue weighted by molar-refractivity contribution is 6.30. The van der Waals surface area contributed by atoms with Gasteiger partial charge in [-0.3, -0.25) is 4.79 Å². The predicted molar refractivity (Wildman–Crippen MR) is 56.6 cm³/mol. The zero-order valence-electron chi connectivity index (χ0n) is 8.03. The van der Waals surface area contributed by atoms with Crippen molar-refractivity contribution in [1.82, 2.24) is 0 Å². The molecule has 1 rings (SSSR count). The van der Waals surface area contributed by atoms with Gasteiger partial charge in [-0.25, -0.2) is 0 Å². The van der Waals surface area contributed by atoms with Crippen LogP contribution in [-0.2, 0) is 11.2 Å². The molecule has 14 heavy (non-hydrogen) atoms. The molecule has 0 saturated carbocycles. The molecule has 3 heteroatoms. The molecule has 0 heterocycles. The molecular weight excluding hydrogens is 200 g/mol. The van der Waals surface area contributed by atoms with Gasteiger partial charge < -0.3 is 5.11 Å². The topological polar surface area (TPSA) is 37.3 Å². The maximum Gasteiger partial charge on any atom is 0.303 e. The fraction of sp³-hybridized carbons (Fsp3) is 0.364. The summed E-state index contributed by atoms with van der Waals surface area (Å²) in [6, 6.07) is 7.51. The van der Waals surface area contributed by atoms with Gasteiger partial charge in [0, 0.05) is 11.4 Å². The summed E-state index contributed by atoms with van der Waals surface area (Å²) in [7, 11) is 0. The van der Waals surface area contributed by atoms with Crippen molar-refractivity contribution in [2.75, 3.05) is 0 Å². The number of carbonyl (C=O) groups is 1. The Bertz CT molecular complexity index is 306. The molecule has 1 aromatic rings.